The summed E-state index contributed by atoms with van der Waals surface area (Å²) in [7, 11) is 0. The molecular weight excluding hydrogens is 392 g/mol. The van der Waals surface area contributed by atoms with E-state index in [9.17, 15) is 18.7 Å². The lowest BCUT2D eigenvalue weighted by Crippen LogP contribution is -2.45. The van der Waals surface area contributed by atoms with Crippen molar-refractivity contribution in [2.45, 2.75) is 19.4 Å². The van der Waals surface area contributed by atoms with Gasteiger partial charge < -0.3 is 26.0 Å². The molecule has 9 heteroatoms. The molecule has 1 fully saturated rings. The van der Waals surface area contributed by atoms with E-state index in [0.29, 0.717) is 37.0 Å². The molecule has 0 spiro atoms. The van der Waals surface area contributed by atoms with Gasteiger partial charge in [-0.2, -0.15) is 0 Å². The number of carbonyl (C=O) groups is 1. The Balaban J connectivity index is 1.55. The minimum absolute atomic E-state index is 0.00686. The van der Waals surface area contributed by atoms with Crippen molar-refractivity contribution in [3.8, 4) is 5.75 Å². The van der Waals surface area contributed by atoms with E-state index in [1.54, 1.807) is 12.1 Å². The average molecular weight is 417 g/mol. The Bertz CT molecular complexity index is 905. The molecule has 2 aromatic carbocycles. The van der Waals surface area contributed by atoms with Crippen molar-refractivity contribution >= 4 is 23.2 Å². The summed E-state index contributed by atoms with van der Waals surface area (Å²) in [5, 5.41) is 18.3. The maximum Gasteiger partial charge on any atom is 0.246 e. The van der Waals surface area contributed by atoms with Gasteiger partial charge in [0.25, 0.3) is 0 Å². The number of nitrogens with one attached hydrogen (secondary N) is 3. The number of anilines is 2. The van der Waals surface area contributed by atoms with Crippen LogP contribution in [-0.2, 0) is 4.79 Å². The quantitative estimate of drug-likeness (QED) is 0.329. The number of hydrogen-bond donors (Lipinski definition) is 4. The molecule has 30 heavy (non-hydrogen) atoms. The molecule has 160 valence electrons. The minimum Gasteiger partial charge on any atom is -0.508 e. The van der Waals surface area contributed by atoms with Gasteiger partial charge in [-0.3, -0.25) is 4.79 Å². The molecule has 1 atom stereocenters. The summed E-state index contributed by atoms with van der Waals surface area (Å²) in [5.74, 6) is -0.862. The first-order valence-corrected chi connectivity index (χ1v) is 9.78. The Morgan fingerprint density at radius 1 is 1.23 bits per heavy atom. The third-order valence-corrected chi connectivity index (χ3v) is 4.66. The topological polar surface area (TPSA) is 89.0 Å². The minimum atomic E-state index is -0.600. The Labute approximate surface area is 173 Å². The van der Waals surface area contributed by atoms with Crippen LogP contribution in [0.1, 0.15) is 13.3 Å². The molecule has 0 aliphatic carbocycles. The number of hydrogen-bond acceptors (Lipinski definition) is 4. The first-order valence-electron chi connectivity index (χ1n) is 9.78. The first-order chi connectivity index (χ1) is 14.4. The second kappa shape index (κ2) is 9.91. The van der Waals surface area contributed by atoms with Crippen LogP contribution in [0, 0.1) is 11.6 Å². The fourth-order valence-electron chi connectivity index (χ4n) is 3.24. The van der Waals surface area contributed by atoms with Crippen molar-refractivity contribution in [3.05, 3.63) is 54.1 Å². The van der Waals surface area contributed by atoms with Gasteiger partial charge in [-0.1, -0.05) is 0 Å². The molecule has 0 bridgehead atoms. The number of rotatable bonds is 6. The SMILES string of the molecule is CCNC(=NCC(=O)Nc1ccc(O)cc1)NC1CCN(c2ccc(F)cc2F)C1. The molecule has 1 aliphatic rings. The summed E-state index contributed by atoms with van der Waals surface area (Å²) in [5.41, 5.74) is 0.939. The lowest BCUT2D eigenvalue weighted by Gasteiger charge is -2.21. The molecule has 4 N–H and O–H groups in total. The van der Waals surface area contributed by atoms with Crippen LogP contribution in [0.15, 0.2) is 47.5 Å². The van der Waals surface area contributed by atoms with Crippen LogP contribution >= 0.6 is 0 Å². The second-order valence-electron chi connectivity index (χ2n) is 6.96. The highest BCUT2D eigenvalue weighted by atomic mass is 19.1. The van der Waals surface area contributed by atoms with Gasteiger partial charge in [0, 0.05) is 37.4 Å². The Morgan fingerprint density at radius 3 is 2.70 bits per heavy atom. The smallest absolute Gasteiger partial charge is 0.246 e. The third kappa shape index (κ3) is 5.82. The predicted octanol–water partition coefficient (Wildman–Crippen LogP) is 2.44. The molecule has 1 saturated heterocycles. The molecule has 1 heterocycles. The fraction of sp³-hybridized carbons (Fsp3) is 0.333. The van der Waals surface area contributed by atoms with E-state index in [-0.39, 0.29) is 24.2 Å². The number of nitrogens with zero attached hydrogens (tertiary/aromatic N) is 2. The summed E-state index contributed by atoms with van der Waals surface area (Å²) >= 11 is 0. The summed E-state index contributed by atoms with van der Waals surface area (Å²) in [6, 6.07) is 9.75. The van der Waals surface area contributed by atoms with Gasteiger partial charge in [0.05, 0.1) is 5.69 Å². The lowest BCUT2D eigenvalue weighted by atomic mass is 10.2. The highest BCUT2D eigenvalue weighted by Crippen LogP contribution is 2.24. The number of guanidine groups is 1. The van der Waals surface area contributed by atoms with Gasteiger partial charge in [0.1, 0.15) is 23.9 Å². The number of aliphatic imine (C=N–C) groups is 1. The number of carbonyl (C=O) groups excluding carboxylic acids is 1. The van der Waals surface area contributed by atoms with Gasteiger partial charge in [0.2, 0.25) is 5.91 Å². The average Bonchev–Trinajstić information content (AvgIpc) is 3.16. The normalized spacial score (nSPS) is 16.4. The Hall–Kier alpha value is -3.36. The molecule has 7 nitrogen and oxygen atoms in total. The molecule has 0 aromatic heterocycles. The molecular formula is C21H25F2N5O2. The maximum absolute atomic E-state index is 14.0. The number of amides is 1. The van der Waals surface area contributed by atoms with E-state index in [2.05, 4.69) is 20.9 Å². The van der Waals surface area contributed by atoms with Crippen molar-refractivity contribution in [3.63, 3.8) is 0 Å². The maximum atomic E-state index is 14.0. The zero-order valence-corrected chi connectivity index (χ0v) is 16.7. The van der Waals surface area contributed by atoms with Crippen molar-refractivity contribution < 1.29 is 18.7 Å². The monoisotopic (exact) mass is 417 g/mol. The number of benzene rings is 2. The van der Waals surface area contributed by atoms with E-state index in [0.717, 1.165) is 12.5 Å². The van der Waals surface area contributed by atoms with Crippen molar-refractivity contribution in [1.29, 1.82) is 0 Å². The van der Waals surface area contributed by atoms with Gasteiger partial charge in [0.15, 0.2) is 5.96 Å². The predicted molar refractivity (Wildman–Crippen MR) is 113 cm³/mol. The molecule has 0 radical (unpaired) electrons. The van der Waals surface area contributed by atoms with Gasteiger partial charge in [-0.25, -0.2) is 13.8 Å². The van der Waals surface area contributed by atoms with E-state index >= 15 is 0 Å². The molecule has 1 aliphatic heterocycles. The number of aromatic hydroxyl groups is 1. The van der Waals surface area contributed by atoms with Crippen LogP contribution in [-0.4, -0.2) is 49.2 Å². The van der Waals surface area contributed by atoms with E-state index < -0.39 is 11.6 Å². The van der Waals surface area contributed by atoms with Gasteiger partial charge in [-0.05, 0) is 49.7 Å². The van der Waals surface area contributed by atoms with Crippen LogP contribution in [0.5, 0.6) is 5.75 Å². The van der Waals surface area contributed by atoms with Gasteiger partial charge >= 0.3 is 0 Å². The number of phenolic OH excluding ortho intramolecular Hbond substituents is 1. The Morgan fingerprint density at radius 2 is 2.00 bits per heavy atom. The van der Waals surface area contributed by atoms with Crippen LogP contribution in [0.3, 0.4) is 0 Å². The number of halogens is 2. The van der Waals surface area contributed by atoms with Crippen LogP contribution in [0.25, 0.3) is 0 Å². The summed E-state index contributed by atoms with van der Waals surface area (Å²) in [6.07, 6.45) is 0.751. The summed E-state index contributed by atoms with van der Waals surface area (Å²) in [4.78, 5) is 18.3. The molecule has 1 amide bonds. The van der Waals surface area contributed by atoms with Crippen LogP contribution in [0.4, 0.5) is 20.2 Å². The molecule has 3 rings (SSSR count). The van der Waals surface area contributed by atoms with Crippen molar-refractivity contribution in [2.24, 2.45) is 4.99 Å². The van der Waals surface area contributed by atoms with E-state index in [1.165, 1.54) is 24.3 Å². The van der Waals surface area contributed by atoms with E-state index in [4.69, 9.17) is 0 Å². The standard InChI is InChI=1S/C21H25F2N5O2/c1-2-24-21(25-12-20(30)26-15-4-6-17(29)7-5-15)27-16-9-10-28(13-16)19-8-3-14(22)11-18(19)23/h3-8,11,16,29H,2,9-10,12-13H2,1H3,(H,26,30)(H2,24,25,27). The molecule has 0 saturated carbocycles. The third-order valence-electron chi connectivity index (χ3n) is 4.66. The first kappa shape index (κ1) is 21.4. The second-order valence-corrected chi connectivity index (χ2v) is 6.96. The van der Waals surface area contributed by atoms with Crippen LogP contribution < -0.4 is 20.9 Å². The summed E-state index contributed by atoms with van der Waals surface area (Å²) in [6.45, 7) is 3.61. The van der Waals surface area contributed by atoms with Crippen molar-refractivity contribution in [1.82, 2.24) is 10.6 Å². The Kier molecular flexibility index (Phi) is 7.05. The largest absolute Gasteiger partial charge is 0.508 e. The zero-order valence-electron chi connectivity index (χ0n) is 16.7. The highest BCUT2D eigenvalue weighted by Gasteiger charge is 2.25. The van der Waals surface area contributed by atoms with Crippen LogP contribution in [0.2, 0.25) is 0 Å². The zero-order chi connectivity index (χ0) is 21.5. The molecule has 1 unspecified atom stereocenters. The van der Waals surface area contributed by atoms with Crippen molar-refractivity contribution in [2.75, 3.05) is 36.4 Å². The summed E-state index contributed by atoms with van der Waals surface area (Å²) < 4.78 is 27.2. The fourth-order valence-corrected chi connectivity index (χ4v) is 3.24. The van der Waals surface area contributed by atoms with E-state index in [1.807, 2.05) is 11.8 Å². The van der Waals surface area contributed by atoms with Gasteiger partial charge in [-0.15, -0.1) is 0 Å². The molecule has 2 aromatic rings. The lowest BCUT2D eigenvalue weighted by molar-refractivity contribution is -0.114. The number of phenols is 1. The highest BCUT2D eigenvalue weighted by molar-refractivity contribution is 5.94.